The molecular weight excluding hydrogens is 352 g/mol. The summed E-state index contributed by atoms with van der Waals surface area (Å²) in [5.41, 5.74) is -6.50. The quantitative estimate of drug-likeness (QED) is 0.457. The van der Waals surface area contributed by atoms with Crippen LogP contribution in [0.15, 0.2) is 17.0 Å². The maximum Gasteiger partial charge on any atom is 0.573 e. The Morgan fingerprint density at radius 3 is 2.30 bits per heavy atom. The van der Waals surface area contributed by atoms with Crippen molar-refractivity contribution in [2.45, 2.75) is 23.7 Å². The molecule has 0 aliphatic heterocycles. The highest BCUT2D eigenvalue weighted by Gasteiger charge is 2.36. The van der Waals surface area contributed by atoms with Crippen molar-refractivity contribution in [1.82, 2.24) is 0 Å². The predicted octanol–water partition coefficient (Wildman–Crippen LogP) is 4.25. The van der Waals surface area contributed by atoms with Crippen LogP contribution in [0.25, 0.3) is 0 Å². The second-order valence-corrected chi connectivity index (χ2v) is 4.85. The highest BCUT2D eigenvalue weighted by Crippen LogP contribution is 2.42. The van der Waals surface area contributed by atoms with Gasteiger partial charge in [0.2, 0.25) is 0 Å². The monoisotopic (exact) mass is 359 g/mol. The Hall–Kier alpha value is -2.09. The van der Waals surface area contributed by atoms with Gasteiger partial charge in [-0.3, -0.25) is 0 Å². The van der Waals surface area contributed by atoms with Gasteiger partial charge in [-0.1, -0.05) is 0 Å². The summed E-state index contributed by atoms with van der Waals surface area (Å²) in [6.07, 6.45) is -5.14. The molecule has 1 aromatic rings. The SMILES string of the molecule is CCOC(=O)c1cc(OC(F)(F)F)cc(C#N)c1SC(F)(F)F. The van der Waals surface area contributed by atoms with Crippen molar-refractivity contribution in [3.05, 3.63) is 23.3 Å². The van der Waals surface area contributed by atoms with Crippen molar-refractivity contribution in [2.24, 2.45) is 0 Å². The van der Waals surface area contributed by atoms with Gasteiger partial charge in [0.15, 0.2) is 0 Å². The van der Waals surface area contributed by atoms with E-state index in [1.165, 1.54) is 13.0 Å². The number of hydrogen-bond donors (Lipinski definition) is 0. The van der Waals surface area contributed by atoms with E-state index in [0.717, 1.165) is 0 Å². The number of esters is 1. The fourth-order valence-electron chi connectivity index (χ4n) is 1.46. The van der Waals surface area contributed by atoms with Gasteiger partial charge in [0.25, 0.3) is 0 Å². The van der Waals surface area contributed by atoms with E-state index < -0.39 is 51.4 Å². The molecule has 0 aromatic heterocycles. The number of halogens is 6. The Kier molecular flexibility index (Phi) is 5.76. The normalized spacial score (nSPS) is 11.7. The third-order valence-corrected chi connectivity index (χ3v) is 3.01. The van der Waals surface area contributed by atoms with Gasteiger partial charge in [-0.15, -0.1) is 13.2 Å². The molecule has 0 atom stereocenters. The van der Waals surface area contributed by atoms with Gasteiger partial charge in [0, 0.05) is 4.90 Å². The van der Waals surface area contributed by atoms with E-state index in [-0.39, 0.29) is 6.61 Å². The first kappa shape index (κ1) is 19.0. The molecule has 0 heterocycles. The largest absolute Gasteiger partial charge is 0.573 e. The summed E-state index contributed by atoms with van der Waals surface area (Å²) in [5, 5.41) is 8.85. The minimum absolute atomic E-state index is 0.221. The van der Waals surface area contributed by atoms with E-state index >= 15 is 0 Å². The molecule has 0 spiro atoms. The number of ether oxygens (including phenoxy) is 2. The molecule has 0 N–H and O–H groups in total. The van der Waals surface area contributed by atoms with Crippen molar-refractivity contribution in [2.75, 3.05) is 6.61 Å². The van der Waals surface area contributed by atoms with Crippen molar-refractivity contribution < 1.29 is 40.6 Å². The van der Waals surface area contributed by atoms with Crippen LogP contribution in [0.4, 0.5) is 26.3 Å². The van der Waals surface area contributed by atoms with Gasteiger partial charge in [-0.2, -0.15) is 18.4 Å². The molecule has 11 heteroatoms. The fourth-order valence-corrected chi connectivity index (χ4v) is 2.16. The van der Waals surface area contributed by atoms with Gasteiger partial charge in [0.1, 0.15) is 11.8 Å². The zero-order valence-corrected chi connectivity index (χ0v) is 12.0. The molecule has 0 saturated carbocycles. The van der Waals surface area contributed by atoms with Crippen LogP contribution in [-0.4, -0.2) is 24.4 Å². The van der Waals surface area contributed by atoms with Crippen molar-refractivity contribution in [3.8, 4) is 11.8 Å². The molecule has 1 rings (SSSR count). The third kappa shape index (κ3) is 5.90. The summed E-state index contributed by atoms with van der Waals surface area (Å²) in [6.45, 7) is 1.14. The first-order chi connectivity index (χ1) is 10.5. The van der Waals surface area contributed by atoms with E-state index in [9.17, 15) is 31.1 Å². The number of benzene rings is 1. The van der Waals surface area contributed by atoms with Crippen molar-refractivity contribution >= 4 is 17.7 Å². The summed E-state index contributed by atoms with van der Waals surface area (Å²) in [6, 6.07) is 2.21. The van der Waals surface area contributed by atoms with Gasteiger partial charge in [0.05, 0.1) is 17.7 Å². The molecule has 0 aliphatic rings. The molecule has 0 bridgehead atoms. The van der Waals surface area contributed by atoms with Crippen molar-refractivity contribution in [1.29, 1.82) is 5.26 Å². The third-order valence-electron chi connectivity index (χ3n) is 2.13. The topological polar surface area (TPSA) is 59.3 Å². The number of hydrogen-bond acceptors (Lipinski definition) is 5. The maximum atomic E-state index is 12.5. The van der Waals surface area contributed by atoms with Crippen LogP contribution in [0, 0.1) is 11.3 Å². The summed E-state index contributed by atoms with van der Waals surface area (Å²) in [7, 11) is 0. The molecular formula is C12H7F6NO3S. The lowest BCUT2D eigenvalue weighted by atomic mass is 10.1. The number of alkyl halides is 6. The van der Waals surface area contributed by atoms with Gasteiger partial charge < -0.3 is 9.47 Å². The molecule has 126 valence electrons. The molecule has 0 radical (unpaired) electrons. The van der Waals surface area contributed by atoms with Crippen molar-refractivity contribution in [3.63, 3.8) is 0 Å². The first-order valence-corrected chi connectivity index (χ1v) is 6.55. The molecule has 0 amide bonds. The van der Waals surface area contributed by atoms with Crippen LogP contribution in [0.3, 0.4) is 0 Å². The van der Waals surface area contributed by atoms with Crippen LogP contribution < -0.4 is 4.74 Å². The summed E-state index contributed by atoms with van der Waals surface area (Å²) in [5.74, 6) is -2.30. The second kappa shape index (κ2) is 6.99. The van der Waals surface area contributed by atoms with Gasteiger partial charge >= 0.3 is 17.8 Å². The van der Waals surface area contributed by atoms with Crippen LogP contribution in [0.2, 0.25) is 0 Å². The molecule has 0 fully saturated rings. The lowest BCUT2D eigenvalue weighted by molar-refractivity contribution is -0.274. The van der Waals surface area contributed by atoms with Crippen LogP contribution >= 0.6 is 11.8 Å². The Labute approximate surface area is 130 Å². The Balaban J connectivity index is 3.47. The number of carbonyl (C=O) groups is 1. The molecule has 0 saturated heterocycles. The minimum atomic E-state index is -5.14. The average Bonchev–Trinajstić information content (AvgIpc) is 2.36. The molecule has 4 nitrogen and oxygen atoms in total. The van der Waals surface area contributed by atoms with Crippen LogP contribution in [0.5, 0.6) is 5.75 Å². The lowest BCUT2D eigenvalue weighted by Crippen LogP contribution is -2.18. The Morgan fingerprint density at radius 2 is 1.87 bits per heavy atom. The summed E-state index contributed by atoms with van der Waals surface area (Å²) < 4.78 is 82.4. The number of nitrogens with zero attached hydrogens (tertiary/aromatic N) is 1. The van der Waals surface area contributed by atoms with Crippen LogP contribution in [-0.2, 0) is 4.74 Å². The second-order valence-electron chi connectivity index (χ2n) is 3.78. The number of thioether (sulfide) groups is 1. The predicted molar refractivity (Wildman–Crippen MR) is 65.7 cm³/mol. The first-order valence-electron chi connectivity index (χ1n) is 5.73. The Bertz CT molecular complexity index is 635. The number of carbonyl (C=O) groups excluding carboxylic acids is 1. The smallest absolute Gasteiger partial charge is 0.462 e. The zero-order valence-electron chi connectivity index (χ0n) is 11.2. The van der Waals surface area contributed by atoms with E-state index in [0.29, 0.717) is 12.1 Å². The standard InChI is InChI=1S/C12H7F6NO3S/c1-2-21-10(20)8-4-7(22-11(13,14)15)3-6(5-19)9(8)23-12(16,17)18/h3-4H,2H2,1H3. The van der Waals surface area contributed by atoms with E-state index in [1.54, 1.807) is 0 Å². The van der Waals surface area contributed by atoms with Crippen LogP contribution in [0.1, 0.15) is 22.8 Å². The molecule has 23 heavy (non-hydrogen) atoms. The zero-order chi connectivity index (χ0) is 17.8. The summed E-state index contributed by atoms with van der Waals surface area (Å²) in [4.78, 5) is 10.8. The fraction of sp³-hybridized carbons (Fsp3) is 0.333. The Morgan fingerprint density at radius 1 is 1.26 bits per heavy atom. The molecule has 0 unspecified atom stereocenters. The highest BCUT2D eigenvalue weighted by molar-refractivity contribution is 8.00. The highest BCUT2D eigenvalue weighted by atomic mass is 32.2. The van der Waals surface area contributed by atoms with Gasteiger partial charge in [-0.25, -0.2) is 4.79 Å². The van der Waals surface area contributed by atoms with E-state index in [4.69, 9.17) is 5.26 Å². The van der Waals surface area contributed by atoms with Gasteiger partial charge in [-0.05, 0) is 30.8 Å². The number of nitriles is 1. The molecule has 1 aromatic carbocycles. The molecule has 0 aliphatic carbocycles. The van der Waals surface area contributed by atoms with E-state index in [2.05, 4.69) is 9.47 Å². The average molecular weight is 359 g/mol. The minimum Gasteiger partial charge on any atom is -0.462 e. The van der Waals surface area contributed by atoms with E-state index in [1.807, 2.05) is 0 Å². The lowest BCUT2D eigenvalue weighted by Gasteiger charge is -2.15. The maximum absolute atomic E-state index is 12.5. The number of rotatable bonds is 4. The summed E-state index contributed by atoms with van der Waals surface area (Å²) >= 11 is -0.801.